The lowest BCUT2D eigenvalue weighted by atomic mass is 9.70. The highest BCUT2D eigenvalue weighted by Gasteiger charge is 2.31. The average Bonchev–Trinajstić information content (AvgIpc) is 3.23. The third-order valence-corrected chi connectivity index (χ3v) is 10.00. The first-order valence-electron chi connectivity index (χ1n) is 17.5. The van der Waals surface area contributed by atoms with Crippen molar-refractivity contribution in [2.24, 2.45) is 11.8 Å². The van der Waals surface area contributed by atoms with Gasteiger partial charge in [-0.3, -0.25) is 0 Å². The van der Waals surface area contributed by atoms with E-state index in [1.165, 1.54) is 33.0 Å². The summed E-state index contributed by atoms with van der Waals surface area (Å²) < 4.78 is 0. The summed E-state index contributed by atoms with van der Waals surface area (Å²) >= 11 is 0. The predicted octanol–water partition coefficient (Wildman–Crippen LogP) is 12.1. The van der Waals surface area contributed by atoms with E-state index in [0.29, 0.717) is 23.2 Å². The van der Waals surface area contributed by atoms with Gasteiger partial charge in [0, 0.05) is 28.5 Å². The number of fused-ring (bicyclic) bond motifs is 2. The van der Waals surface area contributed by atoms with Gasteiger partial charge in [-0.15, -0.1) is 0 Å². The van der Waals surface area contributed by atoms with Crippen LogP contribution in [0.4, 0.5) is 5.69 Å². The monoisotopic (exact) mass is 664 g/mol. The van der Waals surface area contributed by atoms with Gasteiger partial charge in [-0.1, -0.05) is 182 Å². The van der Waals surface area contributed by atoms with Crippen LogP contribution in [-0.2, 0) is 0 Å². The molecule has 0 spiro atoms. The molecule has 2 aliphatic carbocycles. The molecule has 0 saturated heterocycles. The maximum atomic E-state index is 7.38. The third kappa shape index (κ3) is 5.75. The van der Waals surface area contributed by atoms with E-state index in [1.807, 2.05) is 72.8 Å². The van der Waals surface area contributed by atoms with Crippen molar-refractivity contribution >= 4 is 27.6 Å². The summed E-state index contributed by atoms with van der Waals surface area (Å²) in [5.74, 6) is 2.28. The van der Waals surface area contributed by atoms with Crippen molar-refractivity contribution in [1.29, 1.82) is 0 Å². The van der Waals surface area contributed by atoms with Crippen LogP contribution in [0.15, 0.2) is 182 Å². The maximum Gasteiger partial charge on any atom is 0.187 e. The molecule has 4 heteroatoms. The third-order valence-electron chi connectivity index (χ3n) is 10.00. The SMILES string of the molecule is [C-]#[N+]c1ccc(C2=CC=C(c3ccc4ccccc4c3-c3ccc(-c4nc(-c5ccccc5)nc(-c5ccccc5)n4)cc3)C3C=CC=CC23)cc1. The van der Waals surface area contributed by atoms with E-state index < -0.39 is 0 Å². The van der Waals surface area contributed by atoms with E-state index in [-0.39, 0.29) is 11.8 Å². The summed E-state index contributed by atoms with van der Waals surface area (Å²) in [7, 11) is 0. The molecule has 2 unspecified atom stereocenters. The summed E-state index contributed by atoms with van der Waals surface area (Å²) in [4.78, 5) is 18.4. The fraction of sp³-hybridized carbons (Fsp3) is 0.0417. The molecule has 2 aliphatic rings. The van der Waals surface area contributed by atoms with Crippen molar-refractivity contribution in [2.45, 2.75) is 0 Å². The summed E-state index contributed by atoms with van der Waals surface area (Å²) in [6.07, 6.45) is 13.5. The average molecular weight is 665 g/mol. The molecule has 0 radical (unpaired) electrons. The van der Waals surface area contributed by atoms with Gasteiger partial charge in [-0.2, -0.15) is 0 Å². The molecule has 7 aromatic rings. The topological polar surface area (TPSA) is 43.0 Å². The summed E-state index contributed by atoms with van der Waals surface area (Å²) in [5, 5.41) is 2.41. The second-order valence-electron chi connectivity index (χ2n) is 13.0. The van der Waals surface area contributed by atoms with Gasteiger partial charge in [0.25, 0.3) is 0 Å². The van der Waals surface area contributed by atoms with Crippen LogP contribution < -0.4 is 0 Å². The van der Waals surface area contributed by atoms with Crippen molar-refractivity contribution in [3.63, 3.8) is 0 Å². The summed E-state index contributed by atoms with van der Waals surface area (Å²) in [6.45, 7) is 7.38. The first-order valence-corrected chi connectivity index (χ1v) is 17.5. The molecule has 52 heavy (non-hydrogen) atoms. The molecule has 9 rings (SSSR count). The molecule has 4 nitrogen and oxygen atoms in total. The minimum absolute atomic E-state index is 0.169. The van der Waals surface area contributed by atoms with E-state index in [4.69, 9.17) is 21.5 Å². The van der Waals surface area contributed by atoms with E-state index in [1.54, 1.807) is 0 Å². The fourth-order valence-corrected chi connectivity index (χ4v) is 7.44. The van der Waals surface area contributed by atoms with Gasteiger partial charge < -0.3 is 0 Å². The summed E-state index contributed by atoms with van der Waals surface area (Å²) in [6, 6.07) is 49.9. The zero-order valence-corrected chi connectivity index (χ0v) is 28.3. The summed E-state index contributed by atoms with van der Waals surface area (Å²) in [5.41, 5.74) is 10.7. The molecular formula is C48H32N4. The standard InChI is InChI=1S/C48H32N4/c1-49-38-27-24-33(25-28-38)39-30-31-43(42-19-11-10-18-41(39)42)44-29-26-32-12-8-9-17-40(32)45(44)34-20-22-37(23-21-34)48-51-46(35-13-4-2-5-14-35)50-47(52-48)36-15-6-3-7-16-36/h2-31,41-42H. The van der Waals surface area contributed by atoms with Gasteiger partial charge in [-0.05, 0) is 44.2 Å². The zero-order chi connectivity index (χ0) is 34.9. The lowest BCUT2D eigenvalue weighted by Gasteiger charge is -2.33. The van der Waals surface area contributed by atoms with Crippen LogP contribution in [0.25, 0.3) is 72.1 Å². The maximum absolute atomic E-state index is 7.38. The van der Waals surface area contributed by atoms with E-state index in [0.717, 1.165) is 27.8 Å². The van der Waals surface area contributed by atoms with Gasteiger partial charge in [-0.25, -0.2) is 19.8 Å². The molecule has 244 valence electrons. The number of aromatic nitrogens is 3. The fourth-order valence-electron chi connectivity index (χ4n) is 7.44. The normalized spacial score (nSPS) is 16.1. The number of nitrogens with zero attached hydrogens (tertiary/aromatic N) is 4. The quantitative estimate of drug-likeness (QED) is 0.166. The Balaban J connectivity index is 1.16. The molecule has 0 aliphatic heterocycles. The highest BCUT2D eigenvalue weighted by Crippen LogP contribution is 2.47. The van der Waals surface area contributed by atoms with Gasteiger partial charge >= 0.3 is 0 Å². The minimum Gasteiger partial charge on any atom is -0.238 e. The number of allylic oxidation sites excluding steroid dienone is 8. The van der Waals surface area contributed by atoms with Crippen molar-refractivity contribution in [3.05, 3.63) is 205 Å². The number of benzene rings is 6. The van der Waals surface area contributed by atoms with Crippen molar-refractivity contribution < 1.29 is 0 Å². The first kappa shape index (κ1) is 31.1. The van der Waals surface area contributed by atoms with Crippen LogP contribution in [0.1, 0.15) is 11.1 Å². The molecular weight excluding hydrogens is 633 g/mol. The molecule has 0 fully saturated rings. The van der Waals surface area contributed by atoms with E-state index in [2.05, 4.69) is 114 Å². The molecule has 1 aromatic heterocycles. The highest BCUT2D eigenvalue weighted by atomic mass is 15.0. The number of hydrogen-bond acceptors (Lipinski definition) is 3. The first-order chi connectivity index (χ1) is 25.7. The van der Waals surface area contributed by atoms with Crippen LogP contribution >= 0.6 is 0 Å². The van der Waals surface area contributed by atoms with Gasteiger partial charge in [0.1, 0.15) is 0 Å². The Kier molecular flexibility index (Phi) is 8.00. The van der Waals surface area contributed by atoms with E-state index in [9.17, 15) is 0 Å². The van der Waals surface area contributed by atoms with Crippen LogP contribution in [0.3, 0.4) is 0 Å². The van der Waals surface area contributed by atoms with Gasteiger partial charge in [0.2, 0.25) is 0 Å². The Hall–Kier alpha value is -6.96. The minimum atomic E-state index is 0.169. The van der Waals surface area contributed by atoms with Crippen molar-refractivity contribution in [2.75, 3.05) is 0 Å². The molecule has 2 atom stereocenters. The molecule has 6 aromatic carbocycles. The highest BCUT2D eigenvalue weighted by molar-refractivity contribution is 6.03. The van der Waals surface area contributed by atoms with E-state index >= 15 is 0 Å². The molecule has 1 heterocycles. The Labute approximate surface area is 303 Å². The van der Waals surface area contributed by atoms with Crippen LogP contribution in [0.5, 0.6) is 0 Å². The molecule has 0 bridgehead atoms. The smallest absolute Gasteiger partial charge is 0.187 e. The Morgan fingerprint density at radius 3 is 1.56 bits per heavy atom. The molecule has 0 amide bonds. The van der Waals surface area contributed by atoms with Gasteiger partial charge in [0.15, 0.2) is 23.2 Å². The van der Waals surface area contributed by atoms with Crippen LogP contribution in [0.2, 0.25) is 0 Å². The van der Waals surface area contributed by atoms with Crippen LogP contribution in [-0.4, -0.2) is 15.0 Å². The van der Waals surface area contributed by atoms with Crippen LogP contribution in [0, 0.1) is 18.4 Å². The number of rotatable bonds is 6. The van der Waals surface area contributed by atoms with Crippen molar-refractivity contribution in [1.82, 2.24) is 15.0 Å². The van der Waals surface area contributed by atoms with Gasteiger partial charge in [0.05, 0.1) is 6.57 Å². The van der Waals surface area contributed by atoms with Crippen molar-refractivity contribution in [3.8, 4) is 45.3 Å². The second kappa shape index (κ2) is 13.4. The Morgan fingerprint density at radius 1 is 0.442 bits per heavy atom. The molecule has 0 saturated carbocycles. The largest absolute Gasteiger partial charge is 0.238 e. The lowest BCUT2D eigenvalue weighted by molar-refractivity contribution is 0.695. The second-order valence-corrected chi connectivity index (χ2v) is 13.0. The lowest BCUT2D eigenvalue weighted by Crippen LogP contribution is -2.19. The number of hydrogen-bond donors (Lipinski definition) is 0. The molecule has 0 N–H and O–H groups in total. The Morgan fingerprint density at radius 2 is 0.942 bits per heavy atom. The zero-order valence-electron chi connectivity index (χ0n) is 28.3. The predicted molar refractivity (Wildman–Crippen MR) is 213 cm³/mol. The Bertz CT molecular complexity index is 2550.